The fourth-order valence-electron chi connectivity index (χ4n) is 1.60. The van der Waals surface area contributed by atoms with Crippen LogP contribution in [0, 0.1) is 11.3 Å². The summed E-state index contributed by atoms with van der Waals surface area (Å²) in [5.41, 5.74) is 0.559. The number of hydrogen-bond acceptors (Lipinski definition) is 2. The number of rotatable bonds is 3. The van der Waals surface area contributed by atoms with E-state index in [9.17, 15) is 13.2 Å². The van der Waals surface area contributed by atoms with Crippen LogP contribution in [0.5, 0.6) is 5.75 Å². The zero-order chi connectivity index (χ0) is 14.6. The molecule has 0 saturated heterocycles. The minimum absolute atomic E-state index is 0.146. The highest BCUT2D eigenvalue weighted by molar-refractivity contribution is 5.33. The molecule has 0 atom stereocenters. The zero-order valence-electron chi connectivity index (χ0n) is 10.3. The number of ether oxygens (including phenoxy) is 1. The van der Waals surface area contributed by atoms with Crippen LogP contribution in [0.15, 0.2) is 48.5 Å². The summed E-state index contributed by atoms with van der Waals surface area (Å²) < 4.78 is 42.9. The molecule has 2 aromatic rings. The van der Waals surface area contributed by atoms with Gasteiger partial charge in [0.15, 0.2) is 0 Å². The summed E-state index contributed by atoms with van der Waals surface area (Å²) in [7, 11) is 0. The lowest BCUT2D eigenvalue weighted by atomic mass is 10.1. The summed E-state index contributed by atoms with van der Waals surface area (Å²) in [5, 5.41) is 8.66. The van der Waals surface area contributed by atoms with Crippen molar-refractivity contribution >= 4 is 0 Å². The molecule has 0 bridgehead atoms. The quantitative estimate of drug-likeness (QED) is 0.844. The molecule has 0 heterocycles. The van der Waals surface area contributed by atoms with Gasteiger partial charge >= 0.3 is 6.18 Å². The Hall–Kier alpha value is -2.48. The summed E-state index contributed by atoms with van der Waals surface area (Å²) in [6.45, 7) is 0.146. The molecule has 0 aliphatic heterocycles. The molecule has 0 spiro atoms. The van der Waals surface area contributed by atoms with Gasteiger partial charge in [-0.3, -0.25) is 0 Å². The first kappa shape index (κ1) is 13.9. The smallest absolute Gasteiger partial charge is 0.416 e. The van der Waals surface area contributed by atoms with E-state index in [0.717, 1.165) is 17.7 Å². The average molecular weight is 277 g/mol. The molecule has 2 aromatic carbocycles. The largest absolute Gasteiger partial charge is 0.489 e. The van der Waals surface area contributed by atoms with Gasteiger partial charge in [0, 0.05) is 0 Å². The Kier molecular flexibility index (Phi) is 3.94. The molecular formula is C15H10F3NO. The summed E-state index contributed by atoms with van der Waals surface area (Å²) in [4.78, 5) is 0. The molecule has 0 aliphatic rings. The Labute approximate surface area is 114 Å². The molecular weight excluding hydrogens is 267 g/mol. The Morgan fingerprint density at radius 1 is 1.05 bits per heavy atom. The predicted molar refractivity (Wildman–Crippen MR) is 66.9 cm³/mol. The standard InChI is InChI=1S/C15H10F3NO/c16-15(17,18)13-2-1-3-14(8-13)20-10-12-6-4-11(9-19)5-7-12/h1-8H,10H2. The topological polar surface area (TPSA) is 33.0 Å². The van der Waals surface area contributed by atoms with E-state index in [1.54, 1.807) is 24.3 Å². The van der Waals surface area contributed by atoms with Gasteiger partial charge in [-0.2, -0.15) is 18.4 Å². The molecule has 5 heteroatoms. The van der Waals surface area contributed by atoms with Crippen molar-refractivity contribution < 1.29 is 17.9 Å². The average Bonchev–Trinajstić information content (AvgIpc) is 2.45. The van der Waals surface area contributed by atoms with Crippen molar-refractivity contribution in [3.8, 4) is 11.8 Å². The van der Waals surface area contributed by atoms with Gasteiger partial charge in [-0.05, 0) is 35.9 Å². The van der Waals surface area contributed by atoms with Crippen LogP contribution in [-0.2, 0) is 12.8 Å². The van der Waals surface area contributed by atoms with Crippen LogP contribution in [0.1, 0.15) is 16.7 Å². The molecule has 0 aliphatic carbocycles. The van der Waals surface area contributed by atoms with Gasteiger partial charge < -0.3 is 4.74 Å². The van der Waals surface area contributed by atoms with Crippen LogP contribution in [0.25, 0.3) is 0 Å². The Morgan fingerprint density at radius 3 is 2.35 bits per heavy atom. The lowest BCUT2D eigenvalue weighted by Crippen LogP contribution is -2.05. The molecule has 0 N–H and O–H groups in total. The molecule has 20 heavy (non-hydrogen) atoms. The predicted octanol–water partition coefficient (Wildman–Crippen LogP) is 4.16. The molecule has 102 valence electrons. The van der Waals surface area contributed by atoms with Gasteiger partial charge in [-0.15, -0.1) is 0 Å². The molecule has 0 unspecified atom stereocenters. The second kappa shape index (κ2) is 5.66. The highest BCUT2D eigenvalue weighted by Gasteiger charge is 2.30. The first-order chi connectivity index (χ1) is 9.49. The highest BCUT2D eigenvalue weighted by Crippen LogP contribution is 2.31. The van der Waals surface area contributed by atoms with Crippen molar-refractivity contribution in [1.82, 2.24) is 0 Å². The normalized spacial score (nSPS) is 10.9. The third-order valence-electron chi connectivity index (χ3n) is 2.65. The minimum Gasteiger partial charge on any atom is -0.489 e. The summed E-state index contributed by atoms with van der Waals surface area (Å²) in [6.07, 6.45) is -4.38. The van der Waals surface area contributed by atoms with Crippen molar-refractivity contribution in [2.45, 2.75) is 12.8 Å². The Bertz CT molecular complexity index is 627. The van der Waals surface area contributed by atoms with Crippen molar-refractivity contribution in [3.63, 3.8) is 0 Å². The lowest BCUT2D eigenvalue weighted by Gasteiger charge is -2.10. The molecule has 0 amide bonds. The first-order valence-corrected chi connectivity index (χ1v) is 5.78. The van der Waals surface area contributed by atoms with Gasteiger partial charge in [0.05, 0.1) is 17.2 Å². The maximum Gasteiger partial charge on any atom is 0.416 e. The number of hydrogen-bond donors (Lipinski definition) is 0. The first-order valence-electron chi connectivity index (χ1n) is 5.78. The van der Waals surface area contributed by atoms with E-state index in [1.165, 1.54) is 12.1 Å². The molecule has 0 aromatic heterocycles. The van der Waals surface area contributed by atoms with Crippen LogP contribution in [-0.4, -0.2) is 0 Å². The zero-order valence-corrected chi connectivity index (χ0v) is 10.3. The van der Waals surface area contributed by atoms with Gasteiger partial charge in [0.1, 0.15) is 12.4 Å². The van der Waals surface area contributed by atoms with Crippen LogP contribution in [0.2, 0.25) is 0 Å². The second-order valence-electron chi connectivity index (χ2n) is 4.12. The summed E-state index contributed by atoms with van der Waals surface area (Å²) in [6, 6.07) is 13.4. The van der Waals surface area contributed by atoms with E-state index in [-0.39, 0.29) is 12.4 Å². The molecule has 0 saturated carbocycles. The SMILES string of the molecule is N#Cc1ccc(COc2cccc(C(F)(F)F)c2)cc1. The number of nitriles is 1. The minimum atomic E-state index is -4.38. The Morgan fingerprint density at radius 2 is 1.75 bits per heavy atom. The highest BCUT2D eigenvalue weighted by atomic mass is 19.4. The van der Waals surface area contributed by atoms with Crippen molar-refractivity contribution in [3.05, 3.63) is 65.2 Å². The second-order valence-corrected chi connectivity index (χ2v) is 4.12. The summed E-state index contributed by atoms with van der Waals surface area (Å²) >= 11 is 0. The number of alkyl halides is 3. The van der Waals surface area contributed by atoms with Gasteiger partial charge in [0.25, 0.3) is 0 Å². The third kappa shape index (κ3) is 3.51. The van der Waals surface area contributed by atoms with Crippen LogP contribution in [0.3, 0.4) is 0 Å². The number of benzene rings is 2. The fourth-order valence-corrected chi connectivity index (χ4v) is 1.60. The maximum atomic E-state index is 12.5. The Balaban J connectivity index is 2.05. The van der Waals surface area contributed by atoms with E-state index in [0.29, 0.717) is 5.56 Å². The molecule has 0 fully saturated rings. The fraction of sp³-hybridized carbons (Fsp3) is 0.133. The van der Waals surface area contributed by atoms with E-state index >= 15 is 0 Å². The van der Waals surface area contributed by atoms with E-state index in [1.807, 2.05) is 6.07 Å². The van der Waals surface area contributed by atoms with Crippen LogP contribution < -0.4 is 4.74 Å². The van der Waals surface area contributed by atoms with Crippen molar-refractivity contribution in [2.75, 3.05) is 0 Å². The van der Waals surface area contributed by atoms with E-state index < -0.39 is 11.7 Å². The lowest BCUT2D eigenvalue weighted by molar-refractivity contribution is -0.137. The number of halogens is 3. The maximum absolute atomic E-state index is 12.5. The molecule has 2 nitrogen and oxygen atoms in total. The van der Waals surface area contributed by atoms with Crippen LogP contribution in [0.4, 0.5) is 13.2 Å². The third-order valence-corrected chi connectivity index (χ3v) is 2.65. The van der Waals surface area contributed by atoms with Gasteiger partial charge in [0.2, 0.25) is 0 Å². The van der Waals surface area contributed by atoms with Crippen LogP contribution >= 0.6 is 0 Å². The molecule has 0 radical (unpaired) electrons. The monoisotopic (exact) mass is 277 g/mol. The number of nitrogens with zero attached hydrogens (tertiary/aromatic N) is 1. The van der Waals surface area contributed by atoms with Gasteiger partial charge in [-0.1, -0.05) is 18.2 Å². The van der Waals surface area contributed by atoms with Crippen molar-refractivity contribution in [1.29, 1.82) is 5.26 Å². The van der Waals surface area contributed by atoms with Crippen molar-refractivity contribution in [2.24, 2.45) is 0 Å². The summed E-state index contributed by atoms with van der Waals surface area (Å²) in [5.74, 6) is 0.157. The molecule has 2 rings (SSSR count). The van der Waals surface area contributed by atoms with E-state index in [2.05, 4.69) is 0 Å². The van der Waals surface area contributed by atoms with E-state index in [4.69, 9.17) is 10.00 Å². The van der Waals surface area contributed by atoms with Gasteiger partial charge in [-0.25, -0.2) is 0 Å².